The fraction of sp³-hybridized carbons (Fsp3) is 0.0667. The van der Waals surface area contributed by atoms with E-state index < -0.39 is 0 Å². The van der Waals surface area contributed by atoms with Gasteiger partial charge in [0.25, 0.3) is 5.91 Å². The molecule has 1 amide bonds. The normalized spacial score (nSPS) is 10.4. The van der Waals surface area contributed by atoms with Crippen molar-refractivity contribution in [2.45, 2.75) is 0 Å². The summed E-state index contributed by atoms with van der Waals surface area (Å²) in [5.41, 5.74) is 2.02. The highest BCUT2D eigenvalue weighted by molar-refractivity contribution is 6.08. The Morgan fingerprint density at radius 2 is 2.05 bits per heavy atom. The lowest BCUT2D eigenvalue weighted by Crippen LogP contribution is -2.13. The van der Waals surface area contributed by atoms with Crippen molar-refractivity contribution >= 4 is 22.5 Å². The van der Waals surface area contributed by atoms with Crippen molar-refractivity contribution in [3.05, 3.63) is 54.4 Å². The number of aromatic nitrogens is 2. The van der Waals surface area contributed by atoms with E-state index in [-0.39, 0.29) is 5.91 Å². The van der Waals surface area contributed by atoms with Gasteiger partial charge in [-0.2, -0.15) is 0 Å². The third-order valence-electron chi connectivity index (χ3n) is 3.00. The molecular weight excluding hydrogens is 254 g/mol. The number of amides is 1. The molecule has 0 saturated heterocycles. The molecular formula is C15H13N3O2. The first kappa shape index (κ1) is 12.2. The van der Waals surface area contributed by atoms with Crippen LogP contribution in [-0.2, 0) is 0 Å². The number of fused-ring (bicyclic) bond motifs is 1. The van der Waals surface area contributed by atoms with Crippen LogP contribution in [0.4, 0.5) is 5.69 Å². The Balaban J connectivity index is 1.88. The SMILES string of the molecule is COc1cccc(C(=O)Nc2c[nH]c3ccccc23)n1. The average Bonchev–Trinajstić information content (AvgIpc) is 2.90. The summed E-state index contributed by atoms with van der Waals surface area (Å²) in [6.07, 6.45) is 1.77. The Bertz CT molecular complexity index is 764. The quantitative estimate of drug-likeness (QED) is 0.766. The molecule has 2 N–H and O–H groups in total. The molecule has 0 saturated carbocycles. The van der Waals surface area contributed by atoms with Crippen LogP contribution in [0.25, 0.3) is 10.9 Å². The number of nitrogens with zero attached hydrogens (tertiary/aromatic N) is 1. The topological polar surface area (TPSA) is 67.0 Å². The second kappa shape index (κ2) is 5.05. The van der Waals surface area contributed by atoms with Crippen LogP contribution in [-0.4, -0.2) is 23.0 Å². The molecule has 2 aromatic heterocycles. The van der Waals surface area contributed by atoms with Crippen LogP contribution in [0.3, 0.4) is 0 Å². The number of H-pyrrole nitrogens is 1. The van der Waals surface area contributed by atoms with Crippen molar-refractivity contribution in [3.63, 3.8) is 0 Å². The molecule has 100 valence electrons. The van der Waals surface area contributed by atoms with E-state index in [1.54, 1.807) is 24.4 Å². The first-order valence-corrected chi connectivity index (χ1v) is 6.16. The lowest BCUT2D eigenvalue weighted by Gasteiger charge is -2.04. The Morgan fingerprint density at radius 3 is 2.90 bits per heavy atom. The number of pyridine rings is 1. The Morgan fingerprint density at radius 1 is 1.20 bits per heavy atom. The number of methoxy groups -OCH3 is 1. The van der Waals surface area contributed by atoms with Crippen LogP contribution >= 0.6 is 0 Å². The number of ether oxygens (including phenoxy) is 1. The summed E-state index contributed by atoms with van der Waals surface area (Å²) >= 11 is 0. The third-order valence-corrected chi connectivity index (χ3v) is 3.00. The molecule has 0 aliphatic carbocycles. The van der Waals surface area contributed by atoms with E-state index in [1.165, 1.54) is 7.11 Å². The summed E-state index contributed by atoms with van der Waals surface area (Å²) in [5, 5.41) is 3.81. The van der Waals surface area contributed by atoms with Crippen molar-refractivity contribution in [3.8, 4) is 5.88 Å². The number of hydrogen-bond donors (Lipinski definition) is 2. The maximum atomic E-state index is 12.2. The molecule has 0 bridgehead atoms. The molecule has 0 unspecified atom stereocenters. The summed E-state index contributed by atoms with van der Waals surface area (Å²) in [5.74, 6) is 0.144. The summed E-state index contributed by atoms with van der Waals surface area (Å²) in [4.78, 5) is 19.4. The van der Waals surface area contributed by atoms with Crippen molar-refractivity contribution in [1.82, 2.24) is 9.97 Å². The van der Waals surface area contributed by atoms with Crippen LogP contribution in [0.2, 0.25) is 0 Å². The predicted octanol–water partition coefficient (Wildman–Crippen LogP) is 2.82. The van der Waals surface area contributed by atoms with Crippen LogP contribution in [0.1, 0.15) is 10.5 Å². The molecule has 2 heterocycles. The van der Waals surface area contributed by atoms with Gasteiger partial charge in [-0.25, -0.2) is 4.98 Å². The molecule has 0 radical (unpaired) electrons. The van der Waals surface area contributed by atoms with E-state index in [1.807, 2.05) is 24.3 Å². The van der Waals surface area contributed by atoms with Gasteiger partial charge < -0.3 is 15.0 Å². The summed E-state index contributed by atoms with van der Waals surface area (Å²) in [7, 11) is 1.52. The first-order chi connectivity index (χ1) is 9.78. The minimum atomic E-state index is -0.270. The van der Waals surface area contributed by atoms with E-state index in [0.717, 1.165) is 16.6 Å². The van der Waals surface area contributed by atoms with Gasteiger partial charge in [0, 0.05) is 23.2 Å². The predicted molar refractivity (Wildman–Crippen MR) is 77.0 cm³/mol. The van der Waals surface area contributed by atoms with Gasteiger partial charge >= 0.3 is 0 Å². The molecule has 0 aliphatic rings. The monoisotopic (exact) mass is 267 g/mol. The smallest absolute Gasteiger partial charge is 0.274 e. The molecule has 0 fully saturated rings. The van der Waals surface area contributed by atoms with Crippen LogP contribution < -0.4 is 10.1 Å². The lowest BCUT2D eigenvalue weighted by molar-refractivity contribution is 0.102. The number of hydrogen-bond acceptors (Lipinski definition) is 3. The van der Waals surface area contributed by atoms with Crippen molar-refractivity contribution in [1.29, 1.82) is 0 Å². The third kappa shape index (κ3) is 2.21. The molecule has 0 atom stereocenters. The Labute approximate surface area is 115 Å². The molecule has 1 aromatic carbocycles. The minimum Gasteiger partial charge on any atom is -0.481 e. The first-order valence-electron chi connectivity index (χ1n) is 6.16. The molecule has 20 heavy (non-hydrogen) atoms. The van der Waals surface area contributed by atoms with Crippen LogP contribution in [0.5, 0.6) is 5.88 Å². The number of nitrogens with one attached hydrogen (secondary N) is 2. The Kier molecular flexibility index (Phi) is 3.09. The number of para-hydroxylation sites is 1. The van der Waals surface area contributed by atoms with Gasteiger partial charge in [0.05, 0.1) is 12.8 Å². The summed E-state index contributed by atoms with van der Waals surface area (Å²) < 4.78 is 5.01. The number of carbonyl (C=O) groups is 1. The number of aromatic amines is 1. The fourth-order valence-corrected chi connectivity index (χ4v) is 2.02. The minimum absolute atomic E-state index is 0.270. The Hall–Kier alpha value is -2.82. The number of rotatable bonds is 3. The highest BCUT2D eigenvalue weighted by Crippen LogP contribution is 2.23. The van der Waals surface area contributed by atoms with Crippen molar-refractivity contribution < 1.29 is 9.53 Å². The van der Waals surface area contributed by atoms with Crippen LogP contribution in [0, 0.1) is 0 Å². The molecule has 0 aliphatic heterocycles. The summed E-state index contributed by atoms with van der Waals surface area (Å²) in [6.45, 7) is 0. The van der Waals surface area contributed by atoms with E-state index in [4.69, 9.17) is 4.74 Å². The van der Waals surface area contributed by atoms with E-state index in [0.29, 0.717) is 11.6 Å². The highest BCUT2D eigenvalue weighted by Gasteiger charge is 2.11. The zero-order chi connectivity index (χ0) is 13.9. The lowest BCUT2D eigenvalue weighted by atomic mass is 10.2. The van der Waals surface area contributed by atoms with E-state index in [9.17, 15) is 4.79 Å². The van der Waals surface area contributed by atoms with Crippen molar-refractivity contribution in [2.75, 3.05) is 12.4 Å². The fourth-order valence-electron chi connectivity index (χ4n) is 2.02. The zero-order valence-corrected chi connectivity index (χ0v) is 10.9. The maximum absolute atomic E-state index is 12.2. The second-order valence-corrected chi connectivity index (χ2v) is 4.27. The van der Waals surface area contributed by atoms with Gasteiger partial charge in [0.2, 0.25) is 5.88 Å². The van der Waals surface area contributed by atoms with E-state index >= 15 is 0 Å². The molecule has 5 heteroatoms. The van der Waals surface area contributed by atoms with Gasteiger partial charge in [-0.05, 0) is 12.1 Å². The van der Waals surface area contributed by atoms with Crippen molar-refractivity contribution in [2.24, 2.45) is 0 Å². The maximum Gasteiger partial charge on any atom is 0.274 e. The zero-order valence-electron chi connectivity index (χ0n) is 10.9. The van der Waals surface area contributed by atoms with Gasteiger partial charge in [0.1, 0.15) is 5.69 Å². The molecule has 3 aromatic rings. The van der Waals surface area contributed by atoms with Gasteiger partial charge in [-0.15, -0.1) is 0 Å². The molecule has 3 rings (SSSR count). The standard InChI is InChI=1S/C15H13N3O2/c1-20-14-8-4-7-12(17-14)15(19)18-13-9-16-11-6-3-2-5-10(11)13/h2-9,16H,1H3,(H,18,19). The average molecular weight is 267 g/mol. The second-order valence-electron chi connectivity index (χ2n) is 4.27. The number of anilines is 1. The van der Waals surface area contributed by atoms with Gasteiger partial charge in [-0.3, -0.25) is 4.79 Å². The highest BCUT2D eigenvalue weighted by atomic mass is 16.5. The van der Waals surface area contributed by atoms with Gasteiger partial charge in [0.15, 0.2) is 0 Å². The van der Waals surface area contributed by atoms with Gasteiger partial charge in [-0.1, -0.05) is 24.3 Å². The molecule has 5 nitrogen and oxygen atoms in total. The number of carbonyl (C=O) groups excluding carboxylic acids is 1. The van der Waals surface area contributed by atoms with Crippen LogP contribution in [0.15, 0.2) is 48.7 Å². The molecule has 0 spiro atoms. The number of benzene rings is 1. The summed E-state index contributed by atoms with van der Waals surface area (Å²) in [6, 6.07) is 12.8. The van der Waals surface area contributed by atoms with E-state index in [2.05, 4.69) is 15.3 Å². The largest absolute Gasteiger partial charge is 0.481 e.